The number of hydrogen-bond donors (Lipinski definition) is 2. The maximum Gasteiger partial charge on any atom is 0.229 e. The SMILES string of the molecule is COc1cc(NC(=O)[C@H]2CC(=O)N(c3ccc(C)cc3)C2)ccc1NS(C)(=O)=O. The van der Waals surface area contributed by atoms with E-state index >= 15 is 0 Å². The van der Waals surface area contributed by atoms with Crippen molar-refractivity contribution in [1.82, 2.24) is 0 Å². The molecule has 0 unspecified atom stereocenters. The van der Waals surface area contributed by atoms with Crippen molar-refractivity contribution < 1.29 is 22.7 Å². The van der Waals surface area contributed by atoms with Gasteiger partial charge in [-0.25, -0.2) is 8.42 Å². The summed E-state index contributed by atoms with van der Waals surface area (Å²) >= 11 is 0. The third-order valence-corrected chi connectivity index (χ3v) is 5.20. The van der Waals surface area contributed by atoms with Gasteiger partial charge < -0.3 is 15.0 Å². The van der Waals surface area contributed by atoms with Gasteiger partial charge in [0.2, 0.25) is 21.8 Å². The Labute approximate surface area is 169 Å². The largest absolute Gasteiger partial charge is 0.494 e. The van der Waals surface area contributed by atoms with Crippen LogP contribution in [0.25, 0.3) is 0 Å². The maximum atomic E-state index is 12.7. The molecular formula is C20H23N3O5S. The zero-order valence-electron chi connectivity index (χ0n) is 16.4. The Kier molecular flexibility index (Phi) is 5.78. The molecule has 3 rings (SSSR count). The van der Waals surface area contributed by atoms with Crippen LogP contribution in [0.5, 0.6) is 5.75 Å². The lowest BCUT2D eigenvalue weighted by Crippen LogP contribution is -2.28. The lowest BCUT2D eigenvalue weighted by Gasteiger charge is -2.17. The van der Waals surface area contributed by atoms with Crippen molar-refractivity contribution in [2.24, 2.45) is 5.92 Å². The Morgan fingerprint density at radius 1 is 1.17 bits per heavy atom. The standard InChI is InChI=1S/C20H23N3O5S/c1-13-4-7-16(8-5-13)23-12-14(10-19(23)24)20(25)21-15-6-9-17(18(11-15)28-2)22-29(3,26)27/h4-9,11,14,22H,10,12H2,1-3H3,(H,21,25)/t14-/m0/s1. The summed E-state index contributed by atoms with van der Waals surface area (Å²) in [5, 5.41) is 2.78. The smallest absolute Gasteiger partial charge is 0.229 e. The molecule has 0 radical (unpaired) electrons. The van der Waals surface area contributed by atoms with Gasteiger partial charge in [0.15, 0.2) is 0 Å². The second kappa shape index (κ2) is 8.12. The Morgan fingerprint density at radius 2 is 1.86 bits per heavy atom. The molecule has 0 spiro atoms. The van der Waals surface area contributed by atoms with Crippen molar-refractivity contribution in [2.75, 3.05) is 34.8 Å². The molecule has 9 heteroatoms. The van der Waals surface area contributed by atoms with Crippen LogP contribution < -0.4 is 19.7 Å². The number of aryl methyl sites for hydroxylation is 1. The number of nitrogens with one attached hydrogen (secondary N) is 2. The van der Waals surface area contributed by atoms with Crippen LogP contribution in [-0.4, -0.2) is 40.1 Å². The first-order chi connectivity index (χ1) is 13.7. The molecular weight excluding hydrogens is 394 g/mol. The molecule has 1 fully saturated rings. The second-order valence-electron chi connectivity index (χ2n) is 7.02. The highest BCUT2D eigenvalue weighted by atomic mass is 32.2. The molecule has 1 aliphatic heterocycles. The number of benzene rings is 2. The summed E-state index contributed by atoms with van der Waals surface area (Å²) in [5.74, 6) is -0.584. The van der Waals surface area contributed by atoms with Crippen molar-refractivity contribution in [3.05, 3.63) is 48.0 Å². The monoisotopic (exact) mass is 417 g/mol. The number of carbonyl (C=O) groups excluding carboxylic acids is 2. The lowest BCUT2D eigenvalue weighted by molar-refractivity contribution is -0.122. The molecule has 2 aromatic rings. The first kappa shape index (κ1) is 20.7. The fourth-order valence-electron chi connectivity index (χ4n) is 3.15. The third kappa shape index (κ3) is 5.05. The van der Waals surface area contributed by atoms with Crippen LogP contribution in [0.1, 0.15) is 12.0 Å². The van der Waals surface area contributed by atoms with Crippen LogP contribution in [0.4, 0.5) is 17.1 Å². The number of sulfonamides is 1. The summed E-state index contributed by atoms with van der Waals surface area (Å²) in [6, 6.07) is 12.2. The van der Waals surface area contributed by atoms with Gasteiger partial charge in [-0.1, -0.05) is 17.7 Å². The van der Waals surface area contributed by atoms with E-state index in [4.69, 9.17) is 4.74 Å². The van der Waals surface area contributed by atoms with Crippen LogP contribution in [-0.2, 0) is 19.6 Å². The average Bonchev–Trinajstić information content (AvgIpc) is 3.04. The first-order valence-corrected chi connectivity index (χ1v) is 10.9. The average molecular weight is 417 g/mol. The highest BCUT2D eigenvalue weighted by Crippen LogP contribution is 2.30. The summed E-state index contributed by atoms with van der Waals surface area (Å²) in [6.07, 6.45) is 1.17. The normalized spacial score (nSPS) is 16.6. The molecule has 8 nitrogen and oxygen atoms in total. The molecule has 1 atom stereocenters. The van der Waals surface area contributed by atoms with Crippen molar-refractivity contribution in [1.29, 1.82) is 0 Å². The van der Waals surface area contributed by atoms with Crippen molar-refractivity contribution in [3.63, 3.8) is 0 Å². The van der Waals surface area contributed by atoms with E-state index in [0.29, 0.717) is 12.2 Å². The second-order valence-corrected chi connectivity index (χ2v) is 8.77. The molecule has 1 aliphatic rings. The van der Waals surface area contributed by atoms with Gasteiger partial charge in [-0.05, 0) is 31.2 Å². The van der Waals surface area contributed by atoms with E-state index in [1.165, 1.54) is 19.2 Å². The lowest BCUT2D eigenvalue weighted by atomic mass is 10.1. The molecule has 0 aliphatic carbocycles. The zero-order chi connectivity index (χ0) is 21.2. The Balaban J connectivity index is 1.70. The molecule has 2 amide bonds. The van der Waals surface area contributed by atoms with Gasteiger partial charge in [-0.2, -0.15) is 0 Å². The quantitative estimate of drug-likeness (QED) is 0.751. The van der Waals surface area contributed by atoms with Crippen LogP contribution in [0.3, 0.4) is 0 Å². The minimum absolute atomic E-state index is 0.0979. The highest BCUT2D eigenvalue weighted by molar-refractivity contribution is 7.92. The number of carbonyl (C=O) groups is 2. The molecule has 29 heavy (non-hydrogen) atoms. The first-order valence-electron chi connectivity index (χ1n) is 9.00. The van der Waals surface area contributed by atoms with Gasteiger partial charge in [0, 0.05) is 30.4 Å². The Hall–Kier alpha value is -3.07. The van der Waals surface area contributed by atoms with Crippen molar-refractivity contribution in [2.45, 2.75) is 13.3 Å². The number of anilines is 3. The van der Waals surface area contributed by atoms with Gasteiger partial charge >= 0.3 is 0 Å². The van der Waals surface area contributed by atoms with E-state index in [1.807, 2.05) is 31.2 Å². The van der Waals surface area contributed by atoms with Gasteiger partial charge in [-0.15, -0.1) is 0 Å². The molecule has 2 aromatic carbocycles. The van der Waals surface area contributed by atoms with Crippen molar-refractivity contribution >= 4 is 38.9 Å². The van der Waals surface area contributed by atoms with Crippen LogP contribution in [0.2, 0.25) is 0 Å². The zero-order valence-corrected chi connectivity index (χ0v) is 17.2. The molecule has 0 bridgehead atoms. The fourth-order valence-corrected chi connectivity index (χ4v) is 3.72. The Bertz CT molecular complexity index is 1030. The van der Waals surface area contributed by atoms with Gasteiger partial charge in [-0.3, -0.25) is 14.3 Å². The molecule has 0 saturated carbocycles. The minimum atomic E-state index is -3.46. The summed E-state index contributed by atoms with van der Waals surface area (Å²) in [6.45, 7) is 2.27. The number of amides is 2. The Morgan fingerprint density at radius 3 is 2.48 bits per heavy atom. The number of rotatable bonds is 6. The van der Waals surface area contributed by atoms with Crippen LogP contribution in [0, 0.1) is 12.8 Å². The van der Waals surface area contributed by atoms with Gasteiger partial charge in [0.25, 0.3) is 0 Å². The van der Waals surface area contributed by atoms with E-state index in [9.17, 15) is 18.0 Å². The summed E-state index contributed by atoms with van der Waals surface area (Å²) in [7, 11) is -2.05. The number of nitrogens with zero attached hydrogens (tertiary/aromatic N) is 1. The van der Waals surface area contributed by atoms with E-state index in [0.717, 1.165) is 17.5 Å². The number of ether oxygens (including phenoxy) is 1. The highest BCUT2D eigenvalue weighted by Gasteiger charge is 2.35. The summed E-state index contributed by atoms with van der Waals surface area (Å²) < 4.78 is 30.4. The number of methoxy groups -OCH3 is 1. The third-order valence-electron chi connectivity index (χ3n) is 4.61. The molecule has 0 aromatic heterocycles. The topological polar surface area (TPSA) is 105 Å². The van der Waals surface area contributed by atoms with Gasteiger partial charge in [0.1, 0.15) is 5.75 Å². The molecule has 154 valence electrons. The number of hydrogen-bond acceptors (Lipinski definition) is 5. The van der Waals surface area contributed by atoms with E-state index in [2.05, 4.69) is 10.0 Å². The summed E-state index contributed by atoms with van der Waals surface area (Å²) in [4.78, 5) is 26.6. The van der Waals surface area contributed by atoms with E-state index in [1.54, 1.807) is 11.0 Å². The van der Waals surface area contributed by atoms with Crippen LogP contribution >= 0.6 is 0 Å². The van der Waals surface area contributed by atoms with E-state index in [-0.39, 0.29) is 29.7 Å². The fraction of sp³-hybridized carbons (Fsp3) is 0.300. The van der Waals surface area contributed by atoms with Crippen molar-refractivity contribution in [3.8, 4) is 5.75 Å². The van der Waals surface area contributed by atoms with Gasteiger partial charge in [0.05, 0.1) is 25.0 Å². The predicted molar refractivity (Wildman–Crippen MR) is 112 cm³/mol. The molecule has 1 saturated heterocycles. The van der Waals surface area contributed by atoms with E-state index < -0.39 is 15.9 Å². The predicted octanol–water partition coefficient (Wildman–Crippen LogP) is 2.37. The molecule has 1 heterocycles. The maximum absolute atomic E-state index is 12.7. The van der Waals surface area contributed by atoms with Crippen LogP contribution in [0.15, 0.2) is 42.5 Å². The summed E-state index contributed by atoms with van der Waals surface area (Å²) in [5.41, 5.74) is 2.59. The molecule has 2 N–H and O–H groups in total. The minimum Gasteiger partial charge on any atom is -0.494 e.